The molecule has 0 aliphatic carbocycles. The first-order valence-corrected chi connectivity index (χ1v) is 16.4. The number of benzene rings is 2. The molecule has 11 heteroatoms. The van der Waals surface area contributed by atoms with Crippen molar-refractivity contribution in [2.75, 3.05) is 23.7 Å². The third-order valence-electron chi connectivity index (χ3n) is 7.37. The topological polar surface area (TPSA) is 122 Å². The number of aromatic nitrogens is 3. The number of hydrogen-bond acceptors (Lipinski definition) is 7. The van der Waals surface area contributed by atoms with Crippen LogP contribution in [0.3, 0.4) is 0 Å². The molecule has 1 aliphatic heterocycles. The molecule has 1 fully saturated rings. The van der Waals surface area contributed by atoms with Gasteiger partial charge in [0.25, 0.3) is 0 Å². The first kappa shape index (κ1) is 29.3. The summed E-state index contributed by atoms with van der Waals surface area (Å²) < 4.78 is 33.3. The first-order valence-electron chi connectivity index (χ1n) is 14.0. The van der Waals surface area contributed by atoms with Crippen LogP contribution in [0.25, 0.3) is 11.0 Å². The van der Waals surface area contributed by atoms with Crippen molar-refractivity contribution in [1.82, 2.24) is 15.3 Å². The van der Waals surface area contributed by atoms with Crippen LogP contribution in [-0.2, 0) is 9.84 Å². The van der Waals surface area contributed by atoms with Crippen LogP contribution in [-0.4, -0.2) is 42.8 Å². The SMILES string of the molecule is Cc1cc(Nc2nc(Nc3ccccc3S(=O)(=O)C(C)C)c3c(Br)c[nH]c3[nH+]2)c(OC(C)C)cc1C1CCNCC1. The molecular weight excluding hydrogens is 604 g/mol. The van der Waals surface area contributed by atoms with Gasteiger partial charge >= 0.3 is 5.95 Å². The lowest BCUT2D eigenvalue weighted by Crippen LogP contribution is -2.27. The van der Waals surface area contributed by atoms with E-state index in [9.17, 15) is 8.42 Å². The van der Waals surface area contributed by atoms with Gasteiger partial charge in [-0.05, 0) is 118 Å². The molecule has 0 unspecified atom stereocenters. The largest absolute Gasteiger partial charge is 0.488 e. The van der Waals surface area contributed by atoms with Crippen molar-refractivity contribution < 1.29 is 18.1 Å². The smallest absolute Gasteiger partial charge is 0.351 e. The lowest BCUT2D eigenvalue weighted by atomic mass is 9.87. The van der Waals surface area contributed by atoms with E-state index in [0.29, 0.717) is 23.4 Å². The summed E-state index contributed by atoms with van der Waals surface area (Å²) in [7, 11) is -3.53. The third kappa shape index (κ3) is 6.22. The van der Waals surface area contributed by atoms with E-state index in [1.807, 2.05) is 26.1 Å². The van der Waals surface area contributed by atoms with Gasteiger partial charge in [-0.1, -0.05) is 17.1 Å². The molecule has 0 saturated carbocycles. The van der Waals surface area contributed by atoms with E-state index in [0.717, 1.165) is 52.9 Å². The Morgan fingerprint density at radius 3 is 2.51 bits per heavy atom. The molecule has 5 rings (SSSR count). The molecule has 2 aromatic heterocycles. The summed E-state index contributed by atoms with van der Waals surface area (Å²) in [6.07, 6.45) is 4.02. The van der Waals surface area contributed by atoms with Crippen LogP contribution in [0.1, 0.15) is 57.6 Å². The number of rotatable bonds is 9. The number of nitrogens with one attached hydrogen (secondary N) is 5. The fourth-order valence-corrected chi connectivity index (χ4v) is 6.95. The van der Waals surface area contributed by atoms with E-state index < -0.39 is 15.1 Å². The van der Waals surface area contributed by atoms with Gasteiger partial charge in [0.2, 0.25) is 11.5 Å². The van der Waals surface area contributed by atoms with Gasteiger partial charge in [0, 0.05) is 0 Å². The number of para-hydroxylation sites is 1. The van der Waals surface area contributed by atoms with Gasteiger partial charge in [-0.2, -0.15) is 0 Å². The summed E-state index contributed by atoms with van der Waals surface area (Å²) >= 11 is 3.60. The van der Waals surface area contributed by atoms with Crippen molar-refractivity contribution in [2.24, 2.45) is 0 Å². The number of piperidine rings is 1. The van der Waals surface area contributed by atoms with Gasteiger partial charge < -0.3 is 15.4 Å². The highest BCUT2D eigenvalue weighted by molar-refractivity contribution is 9.10. The highest BCUT2D eigenvalue weighted by Gasteiger charge is 2.26. The van der Waals surface area contributed by atoms with Crippen LogP contribution in [0.15, 0.2) is 52.0 Å². The zero-order chi connectivity index (χ0) is 29.3. The quantitative estimate of drug-likeness (QED) is 0.167. The lowest BCUT2D eigenvalue weighted by molar-refractivity contribution is -0.333. The van der Waals surface area contributed by atoms with Crippen LogP contribution in [0.5, 0.6) is 5.75 Å². The maximum absolute atomic E-state index is 13.1. The summed E-state index contributed by atoms with van der Waals surface area (Å²) in [5.41, 5.74) is 4.50. The number of aryl methyl sites for hydroxylation is 1. The number of hydrogen-bond donors (Lipinski definition) is 4. The Morgan fingerprint density at radius 1 is 1.07 bits per heavy atom. The van der Waals surface area contributed by atoms with Gasteiger partial charge in [0.15, 0.2) is 15.6 Å². The summed E-state index contributed by atoms with van der Waals surface area (Å²) in [5, 5.41) is 10.4. The van der Waals surface area contributed by atoms with Gasteiger partial charge in [0.1, 0.15) is 11.1 Å². The molecule has 0 bridgehead atoms. The van der Waals surface area contributed by atoms with Crippen molar-refractivity contribution in [1.29, 1.82) is 0 Å². The Labute approximate surface area is 250 Å². The normalized spacial score (nSPS) is 14.6. The van der Waals surface area contributed by atoms with E-state index in [1.165, 1.54) is 11.1 Å². The molecule has 218 valence electrons. The molecule has 0 radical (unpaired) electrons. The number of halogens is 1. The Bertz CT molecular complexity index is 1660. The second kappa shape index (κ2) is 12.0. The Kier molecular flexibility index (Phi) is 8.58. The predicted octanol–water partition coefficient (Wildman–Crippen LogP) is 6.37. The average Bonchev–Trinajstić information content (AvgIpc) is 3.31. The van der Waals surface area contributed by atoms with Crippen molar-refractivity contribution in [3.05, 3.63) is 58.2 Å². The lowest BCUT2D eigenvalue weighted by Gasteiger charge is -2.26. The van der Waals surface area contributed by atoms with E-state index >= 15 is 0 Å². The van der Waals surface area contributed by atoms with Crippen LogP contribution in [0, 0.1) is 6.92 Å². The van der Waals surface area contributed by atoms with Gasteiger partial charge in [0.05, 0.1) is 32.6 Å². The highest BCUT2D eigenvalue weighted by atomic mass is 79.9. The van der Waals surface area contributed by atoms with Crippen LogP contribution >= 0.6 is 15.9 Å². The summed E-state index contributed by atoms with van der Waals surface area (Å²) in [5.74, 6) is 2.23. The van der Waals surface area contributed by atoms with E-state index in [2.05, 4.69) is 60.9 Å². The number of aromatic amines is 2. The monoisotopic (exact) mass is 641 g/mol. The fourth-order valence-electron chi connectivity index (χ4n) is 5.25. The molecule has 2 aromatic carbocycles. The maximum Gasteiger partial charge on any atom is 0.351 e. The maximum atomic E-state index is 13.1. The van der Waals surface area contributed by atoms with Crippen molar-refractivity contribution >= 4 is 59.9 Å². The van der Waals surface area contributed by atoms with Crippen LogP contribution in [0.2, 0.25) is 0 Å². The Morgan fingerprint density at radius 2 is 1.80 bits per heavy atom. The minimum atomic E-state index is -3.53. The minimum absolute atomic E-state index is 0.00505. The number of anilines is 4. The molecule has 1 saturated heterocycles. The molecular formula is C30H38BrN6O3S+. The first-order chi connectivity index (χ1) is 19.5. The number of fused-ring (bicyclic) bond motifs is 1. The number of nitrogens with zero attached hydrogens (tertiary/aromatic N) is 1. The minimum Gasteiger partial charge on any atom is -0.488 e. The van der Waals surface area contributed by atoms with Crippen molar-refractivity contribution in [3.8, 4) is 5.75 Å². The van der Waals surface area contributed by atoms with Crippen molar-refractivity contribution in [3.63, 3.8) is 0 Å². The molecule has 5 N–H and O–H groups in total. The van der Waals surface area contributed by atoms with Crippen LogP contribution in [0.4, 0.5) is 23.1 Å². The summed E-state index contributed by atoms with van der Waals surface area (Å²) in [4.78, 5) is 11.7. The van der Waals surface area contributed by atoms with E-state index in [4.69, 9.17) is 9.72 Å². The second-order valence-electron chi connectivity index (χ2n) is 11.1. The summed E-state index contributed by atoms with van der Waals surface area (Å²) in [6, 6.07) is 11.2. The van der Waals surface area contributed by atoms with E-state index in [1.54, 1.807) is 32.0 Å². The summed E-state index contributed by atoms with van der Waals surface area (Å²) in [6.45, 7) is 11.6. The van der Waals surface area contributed by atoms with Gasteiger partial charge in [-0.25, -0.2) is 13.4 Å². The highest BCUT2D eigenvalue weighted by Crippen LogP contribution is 2.38. The Balaban J connectivity index is 1.56. The molecule has 3 heterocycles. The molecule has 0 atom stereocenters. The zero-order valence-electron chi connectivity index (χ0n) is 24.1. The molecule has 41 heavy (non-hydrogen) atoms. The number of ether oxygens (including phenoxy) is 1. The molecule has 0 spiro atoms. The third-order valence-corrected chi connectivity index (χ3v) is 10.2. The number of sulfone groups is 1. The second-order valence-corrected chi connectivity index (χ2v) is 14.4. The Hall–Kier alpha value is -3.15. The standard InChI is InChI=1S/C30H37BrN6O3S/c1-17(2)40-25-15-21(20-10-12-32-13-11-20)19(5)14-24(25)35-30-36-28-27(22(31)16-33-28)29(37-30)34-23-8-6-7-9-26(23)41(38,39)18(3)4/h6-9,14-18,20,32H,10-13H2,1-5H3,(H3,33,34,35,36,37)/p+1. The number of H-pyrrole nitrogens is 2. The van der Waals surface area contributed by atoms with E-state index in [-0.39, 0.29) is 11.0 Å². The van der Waals surface area contributed by atoms with Crippen LogP contribution < -0.4 is 25.7 Å². The van der Waals surface area contributed by atoms with Crippen molar-refractivity contribution in [2.45, 2.75) is 69.6 Å². The average molecular weight is 643 g/mol. The molecule has 1 aliphatic rings. The molecule has 9 nitrogen and oxygen atoms in total. The molecule has 4 aromatic rings. The zero-order valence-corrected chi connectivity index (χ0v) is 26.5. The fraction of sp³-hybridized carbons (Fsp3) is 0.400. The van der Waals surface area contributed by atoms with Gasteiger partial charge in [-0.3, -0.25) is 10.3 Å². The predicted molar refractivity (Wildman–Crippen MR) is 167 cm³/mol. The van der Waals surface area contributed by atoms with Gasteiger partial charge in [-0.15, -0.1) is 0 Å². The molecule has 0 amide bonds.